The van der Waals surface area contributed by atoms with Crippen LogP contribution in [0.25, 0.3) is 6.08 Å². The van der Waals surface area contributed by atoms with Gasteiger partial charge in [-0.2, -0.15) is 16.6 Å². The van der Waals surface area contributed by atoms with Crippen LogP contribution in [0.5, 0.6) is 0 Å². The molecule has 1 aliphatic carbocycles. The Morgan fingerprint density at radius 1 is 1.48 bits per heavy atom. The quantitative estimate of drug-likeness (QED) is 0.597. The minimum Gasteiger partial charge on any atom is -0.438 e. The molecule has 27 heavy (non-hydrogen) atoms. The number of ether oxygens (including phenoxy) is 2. The number of rotatable bonds is 5. The van der Waals surface area contributed by atoms with Crippen molar-refractivity contribution in [1.82, 2.24) is 0 Å². The van der Waals surface area contributed by atoms with Crippen molar-refractivity contribution in [2.75, 3.05) is 19.0 Å². The predicted molar refractivity (Wildman–Crippen MR) is 105 cm³/mol. The minimum atomic E-state index is -0.685. The number of carbonyl (C=O) groups excluding carboxylic acids is 2. The van der Waals surface area contributed by atoms with Crippen molar-refractivity contribution in [2.24, 2.45) is 5.92 Å². The summed E-state index contributed by atoms with van der Waals surface area (Å²) in [4.78, 5) is 24.4. The SMILES string of the molecule is COC(=O)OCC1CCc2c(sc(NC(=O)/C=C/c3ccsc3)c2C#N)C1. The van der Waals surface area contributed by atoms with E-state index in [9.17, 15) is 14.9 Å². The first kappa shape index (κ1) is 19.1. The Kier molecular flexibility index (Phi) is 6.27. The Morgan fingerprint density at radius 3 is 3.04 bits per heavy atom. The maximum Gasteiger partial charge on any atom is 0.507 e. The van der Waals surface area contributed by atoms with Crippen molar-refractivity contribution in [3.63, 3.8) is 0 Å². The van der Waals surface area contributed by atoms with Gasteiger partial charge in [0, 0.05) is 11.0 Å². The Labute approximate surface area is 165 Å². The summed E-state index contributed by atoms with van der Waals surface area (Å²) in [5.41, 5.74) is 2.50. The summed E-state index contributed by atoms with van der Waals surface area (Å²) in [6.45, 7) is 0.289. The molecule has 1 unspecified atom stereocenters. The number of hydrogen-bond donors (Lipinski definition) is 1. The fraction of sp³-hybridized carbons (Fsp3) is 0.316. The van der Waals surface area contributed by atoms with Gasteiger partial charge in [0.15, 0.2) is 0 Å². The van der Waals surface area contributed by atoms with Gasteiger partial charge in [0.25, 0.3) is 0 Å². The van der Waals surface area contributed by atoms with Gasteiger partial charge in [0.1, 0.15) is 11.1 Å². The molecule has 3 rings (SSSR count). The highest BCUT2D eigenvalue weighted by Crippen LogP contribution is 2.39. The first-order chi connectivity index (χ1) is 13.1. The van der Waals surface area contributed by atoms with Crippen LogP contribution in [0.3, 0.4) is 0 Å². The van der Waals surface area contributed by atoms with Gasteiger partial charge in [-0.3, -0.25) is 4.79 Å². The fourth-order valence-electron chi connectivity index (χ4n) is 2.94. The summed E-state index contributed by atoms with van der Waals surface area (Å²) in [7, 11) is 1.28. The molecule has 0 saturated heterocycles. The highest BCUT2D eigenvalue weighted by molar-refractivity contribution is 7.16. The van der Waals surface area contributed by atoms with E-state index in [2.05, 4.69) is 16.1 Å². The van der Waals surface area contributed by atoms with E-state index in [1.165, 1.54) is 24.5 Å². The third-order valence-corrected chi connectivity index (χ3v) is 6.16. The number of fused-ring (bicyclic) bond motifs is 1. The number of anilines is 1. The van der Waals surface area contributed by atoms with E-state index in [4.69, 9.17) is 4.74 Å². The lowest BCUT2D eigenvalue weighted by Crippen LogP contribution is -2.20. The molecule has 0 aliphatic heterocycles. The molecule has 2 heterocycles. The van der Waals surface area contributed by atoms with Gasteiger partial charge in [-0.25, -0.2) is 4.79 Å². The van der Waals surface area contributed by atoms with Crippen molar-refractivity contribution < 1.29 is 19.1 Å². The van der Waals surface area contributed by atoms with Crippen molar-refractivity contribution in [3.05, 3.63) is 44.5 Å². The fourth-order valence-corrected chi connectivity index (χ4v) is 4.89. The van der Waals surface area contributed by atoms with Crippen LogP contribution in [0.15, 0.2) is 22.9 Å². The van der Waals surface area contributed by atoms with Crippen LogP contribution in [0.2, 0.25) is 0 Å². The summed E-state index contributed by atoms with van der Waals surface area (Å²) in [6.07, 6.45) is 4.79. The molecule has 6 nitrogen and oxygen atoms in total. The molecular weight excluding hydrogens is 384 g/mol. The number of methoxy groups -OCH3 is 1. The molecule has 2 aromatic heterocycles. The van der Waals surface area contributed by atoms with Gasteiger partial charge in [-0.15, -0.1) is 11.3 Å². The highest BCUT2D eigenvalue weighted by Gasteiger charge is 2.27. The lowest BCUT2D eigenvalue weighted by Gasteiger charge is -2.21. The van der Waals surface area contributed by atoms with Crippen LogP contribution in [-0.4, -0.2) is 25.8 Å². The van der Waals surface area contributed by atoms with E-state index in [0.717, 1.165) is 28.8 Å². The molecule has 0 fully saturated rings. The average molecular weight is 402 g/mol. The number of thiophene rings is 2. The van der Waals surface area contributed by atoms with Gasteiger partial charge in [-0.1, -0.05) is 0 Å². The standard InChI is InChI=1S/C19H18N2O4S2/c1-24-19(23)25-10-13-2-4-14-15(9-20)18(27-16(14)8-13)21-17(22)5-3-12-6-7-26-11-12/h3,5-7,11,13H,2,4,8,10H2,1H3,(H,21,22)/b5-3+. The van der Waals surface area contributed by atoms with Crippen LogP contribution >= 0.6 is 22.7 Å². The Hall–Kier alpha value is -2.63. The van der Waals surface area contributed by atoms with Crippen molar-refractivity contribution in [3.8, 4) is 6.07 Å². The lowest BCUT2D eigenvalue weighted by atomic mass is 9.88. The second-order valence-corrected chi connectivity index (χ2v) is 7.96. The minimum absolute atomic E-state index is 0.184. The number of hydrogen-bond acceptors (Lipinski definition) is 7. The van der Waals surface area contributed by atoms with Crippen molar-refractivity contribution >= 4 is 45.8 Å². The zero-order valence-electron chi connectivity index (χ0n) is 14.7. The van der Waals surface area contributed by atoms with Crippen LogP contribution in [-0.2, 0) is 27.1 Å². The molecule has 0 spiro atoms. The van der Waals surface area contributed by atoms with Crippen LogP contribution in [0, 0.1) is 17.2 Å². The second kappa shape index (κ2) is 8.84. The maximum absolute atomic E-state index is 12.2. The zero-order chi connectivity index (χ0) is 19.2. The molecule has 1 aliphatic rings. The maximum atomic E-state index is 12.2. The molecule has 0 saturated carbocycles. The van der Waals surface area contributed by atoms with E-state index < -0.39 is 6.16 Å². The average Bonchev–Trinajstić information content (AvgIpc) is 3.31. The molecule has 140 valence electrons. The normalized spacial score (nSPS) is 15.8. The van der Waals surface area contributed by atoms with Crippen molar-refractivity contribution in [1.29, 1.82) is 5.26 Å². The van der Waals surface area contributed by atoms with Gasteiger partial charge < -0.3 is 14.8 Å². The summed E-state index contributed by atoms with van der Waals surface area (Å²) in [6, 6.07) is 4.15. The Balaban J connectivity index is 1.68. The molecule has 0 aromatic carbocycles. The first-order valence-electron chi connectivity index (χ1n) is 8.37. The number of amides is 1. The summed E-state index contributed by atoms with van der Waals surface area (Å²) < 4.78 is 9.53. The lowest BCUT2D eigenvalue weighted by molar-refractivity contribution is -0.111. The molecule has 2 aromatic rings. The summed E-state index contributed by atoms with van der Waals surface area (Å²) in [5.74, 6) is -0.0781. The molecule has 0 bridgehead atoms. The Morgan fingerprint density at radius 2 is 2.33 bits per heavy atom. The van der Waals surface area contributed by atoms with Crippen LogP contribution in [0.4, 0.5) is 9.80 Å². The molecule has 1 N–H and O–H groups in total. The summed E-state index contributed by atoms with van der Waals surface area (Å²) >= 11 is 2.99. The van der Waals surface area contributed by atoms with E-state index >= 15 is 0 Å². The predicted octanol–water partition coefficient (Wildman–Crippen LogP) is 4.22. The van der Waals surface area contributed by atoms with E-state index in [1.54, 1.807) is 17.4 Å². The van der Waals surface area contributed by atoms with Gasteiger partial charge in [0.05, 0.1) is 19.3 Å². The first-order valence-corrected chi connectivity index (χ1v) is 10.1. The van der Waals surface area contributed by atoms with Crippen LogP contribution < -0.4 is 5.32 Å². The third-order valence-electron chi connectivity index (χ3n) is 4.29. The topological polar surface area (TPSA) is 88.4 Å². The second-order valence-electron chi connectivity index (χ2n) is 6.07. The van der Waals surface area contributed by atoms with Gasteiger partial charge >= 0.3 is 6.16 Å². The monoisotopic (exact) mass is 402 g/mol. The summed E-state index contributed by atoms with van der Waals surface area (Å²) in [5, 5.41) is 16.8. The highest BCUT2D eigenvalue weighted by atomic mass is 32.1. The largest absolute Gasteiger partial charge is 0.507 e. The van der Waals surface area contributed by atoms with Gasteiger partial charge in [-0.05, 0) is 59.2 Å². The number of carbonyl (C=O) groups is 2. The number of nitrogens with zero attached hydrogens (tertiary/aromatic N) is 1. The van der Waals surface area contributed by atoms with Crippen LogP contribution in [0.1, 0.15) is 28.0 Å². The number of nitriles is 1. The zero-order valence-corrected chi connectivity index (χ0v) is 16.3. The molecule has 1 amide bonds. The Bertz CT molecular complexity index is 894. The van der Waals surface area contributed by atoms with Crippen molar-refractivity contribution in [2.45, 2.75) is 19.3 Å². The number of nitrogens with one attached hydrogen (secondary N) is 1. The molecule has 0 radical (unpaired) electrons. The third kappa shape index (κ3) is 4.76. The van der Waals surface area contributed by atoms with E-state index in [1.807, 2.05) is 16.8 Å². The molecule has 8 heteroatoms. The van der Waals surface area contributed by atoms with E-state index in [-0.39, 0.29) is 18.4 Å². The van der Waals surface area contributed by atoms with Gasteiger partial charge in [0.2, 0.25) is 5.91 Å². The van der Waals surface area contributed by atoms with E-state index in [0.29, 0.717) is 17.0 Å². The molecule has 1 atom stereocenters. The smallest absolute Gasteiger partial charge is 0.438 e. The molecular formula is C19H18N2O4S2.